The molecular formula is C26H40N8O5. The second-order valence-electron chi connectivity index (χ2n) is 9.89. The number of nitrogens with two attached hydrogens (primary N) is 4. The fourth-order valence-corrected chi connectivity index (χ4v) is 4.81. The van der Waals surface area contributed by atoms with Crippen LogP contribution >= 0.6 is 0 Å². The van der Waals surface area contributed by atoms with Gasteiger partial charge in [0.05, 0.1) is 6.42 Å². The minimum atomic E-state index is -1.40. The first kappa shape index (κ1) is 31.1. The topological polar surface area (TPSA) is 253 Å². The number of aliphatic carboxylic acids is 1. The molecular weight excluding hydrogens is 504 g/mol. The highest BCUT2D eigenvalue weighted by molar-refractivity contribution is 5.95. The van der Waals surface area contributed by atoms with Crippen LogP contribution < -0.4 is 33.6 Å². The number of amidine groups is 1. The van der Waals surface area contributed by atoms with Crippen molar-refractivity contribution >= 4 is 35.5 Å². The summed E-state index contributed by atoms with van der Waals surface area (Å²) < 4.78 is 0. The molecule has 1 aliphatic rings. The fraction of sp³-hybridized carbons (Fsp3) is 0.538. The zero-order valence-electron chi connectivity index (χ0n) is 22.0. The van der Waals surface area contributed by atoms with E-state index in [9.17, 15) is 24.3 Å². The SMILES string of the molecule is N=C(N)c1ccc(C[C@@H](C(=O)N[C@@H](CC(=O)O)C(=O)N[C@@H](CCCN=C(N)N)C(N)=O)C2CCCCC2)cc1. The van der Waals surface area contributed by atoms with Gasteiger partial charge in [-0.05, 0) is 43.6 Å². The van der Waals surface area contributed by atoms with E-state index in [-0.39, 0.29) is 30.7 Å². The smallest absolute Gasteiger partial charge is 0.305 e. The Labute approximate surface area is 227 Å². The zero-order chi connectivity index (χ0) is 28.9. The second-order valence-corrected chi connectivity index (χ2v) is 9.89. The van der Waals surface area contributed by atoms with Crippen molar-refractivity contribution < 1.29 is 24.3 Å². The molecule has 1 aromatic carbocycles. The Morgan fingerprint density at radius 1 is 0.949 bits per heavy atom. The highest BCUT2D eigenvalue weighted by Gasteiger charge is 2.34. The van der Waals surface area contributed by atoms with Crippen molar-refractivity contribution in [3.63, 3.8) is 0 Å². The molecule has 1 aliphatic carbocycles. The van der Waals surface area contributed by atoms with E-state index in [0.29, 0.717) is 18.4 Å². The molecule has 3 atom stereocenters. The van der Waals surface area contributed by atoms with Crippen molar-refractivity contribution in [2.45, 2.75) is 69.9 Å². The number of carboxylic acids is 1. The van der Waals surface area contributed by atoms with E-state index in [4.69, 9.17) is 28.3 Å². The van der Waals surface area contributed by atoms with Crippen molar-refractivity contribution in [2.75, 3.05) is 6.54 Å². The summed E-state index contributed by atoms with van der Waals surface area (Å²) in [6.07, 6.45) is 4.93. The van der Waals surface area contributed by atoms with E-state index >= 15 is 0 Å². The summed E-state index contributed by atoms with van der Waals surface area (Å²) in [4.78, 5) is 53.9. The van der Waals surface area contributed by atoms with Crippen LogP contribution in [-0.2, 0) is 25.6 Å². The number of primary amides is 1. The van der Waals surface area contributed by atoms with Crippen molar-refractivity contribution in [3.05, 3.63) is 35.4 Å². The minimum absolute atomic E-state index is 0.0591. The second kappa shape index (κ2) is 15.3. The highest BCUT2D eigenvalue weighted by Crippen LogP contribution is 2.32. The van der Waals surface area contributed by atoms with E-state index in [2.05, 4.69) is 15.6 Å². The first-order valence-electron chi connectivity index (χ1n) is 13.1. The number of aliphatic imine (C=N–C) groups is 1. The first-order chi connectivity index (χ1) is 18.5. The molecule has 13 heteroatoms. The average Bonchev–Trinajstić information content (AvgIpc) is 2.88. The number of carboxylic acid groups (broad SMARTS) is 1. The van der Waals surface area contributed by atoms with E-state index < -0.39 is 48.1 Å². The molecule has 0 bridgehead atoms. The lowest BCUT2D eigenvalue weighted by Crippen LogP contribution is -2.55. The molecule has 0 saturated heterocycles. The monoisotopic (exact) mass is 544 g/mol. The molecule has 0 unspecified atom stereocenters. The normalized spacial score (nSPS) is 15.8. The lowest BCUT2D eigenvalue weighted by Gasteiger charge is -2.31. The fourth-order valence-electron chi connectivity index (χ4n) is 4.81. The van der Waals surface area contributed by atoms with Crippen LogP contribution in [0.2, 0.25) is 0 Å². The van der Waals surface area contributed by atoms with Gasteiger partial charge in [-0.25, -0.2) is 0 Å². The Morgan fingerprint density at radius 2 is 1.56 bits per heavy atom. The van der Waals surface area contributed by atoms with Gasteiger partial charge in [-0.2, -0.15) is 0 Å². The maximum atomic E-state index is 13.5. The number of benzene rings is 1. The van der Waals surface area contributed by atoms with Gasteiger partial charge in [0.25, 0.3) is 0 Å². The average molecular weight is 545 g/mol. The molecule has 13 nitrogen and oxygen atoms in total. The van der Waals surface area contributed by atoms with Crippen LogP contribution in [0.25, 0.3) is 0 Å². The predicted molar refractivity (Wildman–Crippen MR) is 146 cm³/mol. The van der Waals surface area contributed by atoms with E-state index in [1.165, 1.54) is 0 Å². The first-order valence-corrected chi connectivity index (χ1v) is 13.1. The van der Waals surface area contributed by atoms with Gasteiger partial charge in [0, 0.05) is 18.0 Å². The quantitative estimate of drug-likeness (QED) is 0.0823. The van der Waals surface area contributed by atoms with Gasteiger partial charge in [0.1, 0.15) is 17.9 Å². The van der Waals surface area contributed by atoms with E-state index in [0.717, 1.165) is 37.7 Å². The minimum Gasteiger partial charge on any atom is -0.481 e. The van der Waals surface area contributed by atoms with Crippen LogP contribution in [0.1, 0.15) is 62.5 Å². The molecule has 0 aliphatic heterocycles. The Bertz CT molecular complexity index is 1050. The molecule has 3 amide bonds. The van der Waals surface area contributed by atoms with Crippen LogP contribution in [0.5, 0.6) is 0 Å². The number of hydrogen-bond acceptors (Lipinski definition) is 6. The third kappa shape index (κ3) is 10.6. The molecule has 0 spiro atoms. The number of carbonyl (C=O) groups is 4. The van der Waals surface area contributed by atoms with Gasteiger partial charge in [0.15, 0.2) is 5.96 Å². The van der Waals surface area contributed by atoms with Crippen molar-refractivity contribution in [2.24, 2.45) is 39.8 Å². The maximum Gasteiger partial charge on any atom is 0.305 e. The van der Waals surface area contributed by atoms with Gasteiger partial charge in [-0.15, -0.1) is 0 Å². The highest BCUT2D eigenvalue weighted by atomic mass is 16.4. The number of nitrogens with one attached hydrogen (secondary N) is 3. The maximum absolute atomic E-state index is 13.5. The van der Waals surface area contributed by atoms with E-state index in [1.807, 2.05) is 0 Å². The number of nitrogens with zero attached hydrogens (tertiary/aromatic N) is 1. The van der Waals surface area contributed by atoms with Gasteiger partial charge >= 0.3 is 5.97 Å². The lowest BCUT2D eigenvalue weighted by molar-refractivity contribution is -0.141. The Balaban J connectivity index is 2.18. The largest absolute Gasteiger partial charge is 0.481 e. The summed E-state index contributed by atoms with van der Waals surface area (Å²) in [5, 5.41) is 22.1. The Hall–Kier alpha value is -4.16. The summed E-state index contributed by atoms with van der Waals surface area (Å²) in [6, 6.07) is 4.55. The van der Waals surface area contributed by atoms with Crippen LogP contribution in [0.15, 0.2) is 29.3 Å². The number of rotatable bonds is 15. The van der Waals surface area contributed by atoms with Crippen LogP contribution in [0.4, 0.5) is 0 Å². The van der Waals surface area contributed by atoms with Gasteiger partial charge < -0.3 is 38.7 Å². The third-order valence-corrected chi connectivity index (χ3v) is 6.89. The predicted octanol–water partition coefficient (Wildman–Crippen LogP) is -0.307. The molecule has 1 fully saturated rings. The van der Waals surface area contributed by atoms with Crippen LogP contribution in [0, 0.1) is 17.2 Å². The van der Waals surface area contributed by atoms with Crippen molar-refractivity contribution in [1.82, 2.24) is 10.6 Å². The molecule has 12 N–H and O–H groups in total. The van der Waals surface area contributed by atoms with Gasteiger partial charge in [0.2, 0.25) is 17.7 Å². The molecule has 0 heterocycles. The third-order valence-electron chi connectivity index (χ3n) is 6.89. The molecule has 0 aromatic heterocycles. The number of carbonyl (C=O) groups excluding carboxylic acids is 3. The zero-order valence-corrected chi connectivity index (χ0v) is 22.0. The summed E-state index contributed by atoms with van der Waals surface area (Å²) in [7, 11) is 0. The number of amides is 3. The van der Waals surface area contributed by atoms with Gasteiger partial charge in [-0.3, -0.25) is 29.6 Å². The standard InChI is InChI=1S/C26H40N8O5/c27-22(28)17-10-8-15(9-11-17)13-18(16-5-2-1-3-6-16)24(38)34-20(14-21(35)36)25(39)33-19(23(29)37)7-4-12-32-26(30)31/h8-11,16,18-20H,1-7,12-14H2,(H3,27,28)(H2,29,37)(H,33,39)(H,34,38)(H,35,36)(H4,30,31,32)/t18-,19+,20+/m1/s1. The number of hydrogen-bond donors (Lipinski definition) is 8. The summed E-state index contributed by atoms with van der Waals surface area (Å²) in [6.45, 7) is 0.216. The van der Waals surface area contributed by atoms with Crippen LogP contribution in [-0.4, -0.2) is 59.2 Å². The Kier molecular flexibility index (Phi) is 12.2. The molecule has 2 rings (SSSR count). The number of nitrogen functional groups attached to an aromatic ring is 1. The van der Waals surface area contributed by atoms with Crippen LogP contribution in [0.3, 0.4) is 0 Å². The molecule has 39 heavy (non-hydrogen) atoms. The Morgan fingerprint density at radius 3 is 2.10 bits per heavy atom. The molecule has 0 radical (unpaired) electrons. The summed E-state index contributed by atoms with van der Waals surface area (Å²) >= 11 is 0. The molecule has 1 aromatic rings. The lowest BCUT2D eigenvalue weighted by atomic mass is 9.76. The van der Waals surface area contributed by atoms with Crippen molar-refractivity contribution in [3.8, 4) is 0 Å². The molecule has 1 saturated carbocycles. The summed E-state index contributed by atoms with van der Waals surface area (Å²) in [5.74, 6) is -3.93. The number of guanidine groups is 1. The van der Waals surface area contributed by atoms with Crippen molar-refractivity contribution in [1.29, 1.82) is 5.41 Å². The van der Waals surface area contributed by atoms with Gasteiger partial charge in [-0.1, -0.05) is 43.5 Å². The van der Waals surface area contributed by atoms with E-state index in [1.54, 1.807) is 24.3 Å². The molecule has 214 valence electrons. The summed E-state index contributed by atoms with van der Waals surface area (Å²) in [5.41, 5.74) is 23.0.